The third-order valence-corrected chi connectivity index (χ3v) is 4.19. The molecule has 25 heavy (non-hydrogen) atoms. The van der Waals surface area contributed by atoms with Crippen molar-refractivity contribution in [1.29, 1.82) is 0 Å². The molecule has 8 heteroatoms. The van der Waals surface area contributed by atoms with Gasteiger partial charge in [-0.2, -0.15) is 0 Å². The molecule has 2 N–H and O–H groups in total. The number of imidazole rings is 1. The van der Waals surface area contributed by atoms with Gasteiger partial charge in [0.2, 0.25) is 5.91 Å². The largest absolute Gasteiger partial charge is 0.491 e. The number of likely N-dealkylation sites (N-methyl/N-ethyl adjacent to an activating group) is 1. The Labute approximate surface area is 144 Å². The number of anilines is 1. The summed E-state index contributed by atoms with van der Waals surface area (Å²) in [5.41, 5.74) is 2.41. The summed E-state index contributed by atoms with van der Waals surface area (Å²) < 4.78 is 5.71. The summed E-state index contributed by atoms with van der Waals surface area (Å²) in [6.07, 6.45) is 3.77. The molecule has 0 aliphatic carbocycles. The van der Waals surface area contributed by atoms with Crippen LogP contribution in [0.5, 0.6) is 5.75 Å². The first-order valence-electron chi connectivity index (χ1n) is 8.06. The number of nitrogens with one attached hydrogen (secondary N) is 2. The van der Waals surface area contributed by atoms with Crippen molar-refractivity contribution >= 4 is 22.9 Å². The Morgan fingerprint density at radius 3 is 3.16 bits per heavy atom. The Kier molecular flexibility index (Phi) is 3.93. The first-order valence-corrected chi connectivity index (χ1v) is 8.06. The molecule has 0 saturated heterocycles. The highest BCUT2D eigenvalue weighted by Crippen LogP contribution is 2.24. The first-order chi connectivity index (χ1) is 12.2. The number of aromatic amines is 1. The van der Waals surface area contributed by atoms with Crippen LogP contribution in [0.3, 0.4) is 0 Å². The predicted octanol–water partition coefficient (Wildman–Crippen LogP) is 0.909. The second-order valence-corrected chi connectivity index (χ2v) is 6.04. The molecule has 3 heterocycles. The Balaban J connectivity index is 1.40. The fourth-order valence-corrected chi connectivity index (χ4v) is 3.03. The van der Waals surface area contributed by atoms with E-state index in [1.54, 1.807) is 11.2 Å². The molecule has 0 radical (unpaired) electrons. The van der Waals surface area contributed by atoms with Gasteiger partial charge in [0.25, 0.3) is 0 Å². The van der Waals surface area contributed by atoms with Crippen LogP contribution < -0.4 is 15.0 Å². The Morgan fingerprint density at radius 2 is 2.24 bits per heavy atom. The van der Waals surface area contributed by atoms with Crippen molar-refractivity contribution in [2.24, 2.45) is 0 Å². The van der Waals surface area contributed by atoms with Gasteiger partial charge < -0.3 is 19.9 Å². The number of aromatic nitrogens is 4. The molecule has 128 valence electrons. The highest BCUT2D eigenvalue weighted by atomic mass is 16.5. The second kappa shape index (κ2) is 6.39. The van der Waals surface area contributed by atoms with E-state index in [2.05, 4.69) is 25.3 Å². The summed E-state index contributed by atoms with van der Waals surface area (Å²) in [5, 5.41) is 3.03. The number of fused-ring (bicyclic) bond motifs is 2. The lowest BCUT2D eigenvalue weighted by Gasteiger charge is -2.27. The average molecular weight is 338 g/mol. The van der Waals surface area contributed by atoms with Crippen molar-refractivity contribution < 1.29 is 9.53 Å². The number of hydrogen-bond donors (Lipinski definition) is 2. The number of para-hydroxylation sites is 1. The van der Waals surface area contributed by atoms with E-state index in [9.17, 15) is 4.79 Å². The van der Waals surface area contributed by atoms with E-state index in [0.717, 1.165) is 17.7 Å². The third-order valence-electron chi connectivity index (χ3n) is 4.19. The zero-order valence-electron chi connectivity index (χ0n) is 13.8. The van der Waals surface area contributed by atoms with Crippen molar-refractivity contribution in [2.45, 2.75) is 12.5 Å². The van der Waals surface area contributed by atoms with E-state index in [4.69, 9.17) is 4.74 Å². The smallest absolute Gasteiger partial charge is 0.239 e. The van der Waals surface area contributed by atoms with Gasteiger partial charge in [0.05, 0.1) is 18.9 Å². The van der Waals surface area contributed by atoms with Gasteiger partial charge in [0, 0.05) is 7.05 Å². The van der Waals surface area contributed by atoms with Gasteiger partial charge in [-0.05, 0) is 18.1 Å². The van der Waals surface area contributed by atoms with Crippen molar-refractivity contribution in [1.82, 2.24) is 25.3 Å². The van der Waals surface area contributed by atoms with Gasteiger partial charge in [-0.1, -0.05) is 18.2 Å². The summed E-state index contributed by atoms with van der Waals surface area (Å²) in [7, 11) is 1.81. The SMILES string of the molecule is CN(CC(=O)N[C@H]1COc2ccccc2C1)c1ncnc2nc[nH]c12. The van der Waals surface area contributed by atoms with E-state index < -0.39 is 0 Å². The van der Waals surface area contributed by atoms with Crippen LogP contribution in [0.25, 0.3) is 11.2 Å². The number of amides is 1. The van der Waals surface area contributed by atoms with Crippen LogP contribution in [0.2, 0.25) is 0 Å². The second-order valence-electron chi connectivity index (χ2n) is 6.04. The Morgan fingerprint density at radius 1 is 1.36 bits per heavy atom. The minimum Gasteiger partial charge on any atom is -0.491 e. The normalized spacial score (nSPS) is 16.1. The summed E-state index contributed by atoms with van der Waals surface area (Å²) in [6, 6.07) is 7.87. The number of carbonyl (C=O) groups excluding carboxylic acids is 1. The average Bonchev–Trinajstić information content (AvgIpc) is 3.10. The van der Waals surface area contributed by atoms with Crippen LogP contribution in [0.4, 0.5) is 5.82 Å². The van der Waals surface area contributed by atoms with Gasteiger partial charge >= 0.3 is 0 Å². The lowest BCUT2D eigenvalue weighted by molar-refractivity contribution is -0.120. The quantitative estimate of drug-likeness (QED) is 0.734. The molecular weight excluding hydrogens is 320 g/mol. The molecule has 3 aromatic rings. The highest BCUT2D eigenvalue weighted by Gasteiger charge is 2.22. The van der Waals surface area contributed by atoms with Gasteiger partial charge in [0.1, 0.15) is 24.2 Å². The number of hydrogen-bond acceptors (Lipinski definition) is 6. The number of H-pyrrole nitrogens is 1. The van der Waals surface area contributed by atoms with Gasteiger partial charge in [-0.25, -0.2) is 15.0 Å². The van der Waals surface area contributed by atoms with Gasteiger partial charge in [-0.15, -0.1) is 0 Å². The molecule has 2 aromatic heterocycles. The fourth-order valence-electron chi connectivity index (χ4n) is 3.03. The molecule has 0 unspecified atom stereocenters. The number of nitrogens with zero attached hydrogens (tertiary/aromatic N) is 4. The molecule has 1 aliphatic heterocycles. The molecule has 8 nitrogen and oxygen atoms in total. The monoisotopic (exact) mass is 338 g/mol. The van der Waals surface area contributed by atoms with Crippen molar-refractivity contribution in [3.05, 3.63) is 42.5 Å². The van der Waals surface area contributed by atoms with Gasteiger partial charge in [0.15, 0.2) is 11.5 Å². The van der Waals surface area contributed by atoms with Crippen LogP contribution in [-0.2, 0) is 11.2 Å². The zero-order valence-corrected chi connectivity index (χ0v) is 13.8. The number of carbonyl (C=O) groups is 1. The Hall–Kier alpha value is -3.16. The molecule has 1 atom stereocenters. The molecule has 0 fully saturated rings. The standard InChI is InChI=1S/C17H18N6O2/c1-23(17-15-16(19-9-18-15)20-10-21-17)7-14(24)22-12-6-11-4-2-3-5-13(11)25-8-12/h2-5,9-10,12H,6-8H2,1H3,(H,22,24)(H,18,19,20,21)/t12-/m1/s1. The summed E-state index contributed by atoms with van der Waals surface area (Å²) in [6.45, 7) is 0.661. The lowest BCUT2D eigenvalue weighted by atomic mass is 10.0. The van der Waals surface area contributed by atoms with Crippen molar-refractivity contribution in [3.8, 4) is 5.75 Å². The molecular formula is C17H18N6O2. The van der Waals surface area contributed by atoms with E-state index in [1.807, 2.05) is 31.3 Å². The summed E-state index contributed by atoms with van der Waals surface area (Å²) in [5.74, 6) is 1.46. The zero-order chi connectivity index (χ0) is 17.2. The van der Waals surface area contributed by atoms with E-state index in [0.29, 0.717) is 23.6 Å². The minimum atomic E-state index is -0.0817. The predicted molar refractivity (Wildman–Crippen MR) is 92.5 cm³/mol. The van der Waals surface area contributed by atoms with E-state index >= 15 is 0 Å². The fraction of sp³-hybridized carbons (Fsp3) is 0.294. The maximum atomic E-state index is 12.4. The minimum absolute atomic E-state index is 0.0339. The molecule has 1 aromatic carbocycles. The molecule has 1 amide bonds. The topological polar surface area (TPSA) is 96.0 Å². The van der Waals surface area contributed by atoms with E-state index in [-0.39, 0.29) is 18.5 Å². The maximum absolute atomic E-state index is 12.4. The highest BCUT2D eigenvalue weighted by molar-refractivity contribution is 5.87. The van der Waals surface area contributed by atoms with Crippen molar-refractivity contribution in [3.63, 3.8) is 0 Å². The van der Waals surface area contributed by atoms with Crippen molar-refractivity contribution in [2.75, 3.05) is 25.1 Å². The maximum Gasteiger partial charge on any atom is 0.239 e. The molecule has 0 spiro atoms. The van der Waals surface area contributed by atoms with Crippen LogP contribution in [-0.4, -0.2) is 52.1 Å². The van der Waals surface area contributed by atoms with Crippen LogP contribution in [0, 0.1) is 0 Å². The Bertz CT molecular complexity index is 909. The molecule has 4 rings (SSSR count). The molecule has 1 aliphatic rings. The van der Waals surface area contributed by atoms with Gasteiger partial charge in [-0.3, -0.25) is 4.79 Å². The molecule has 0 saturated carbocycles. The van der Waals surface area contributed by atoms with Crippen LogP contribution in [0.1, 0.15) is 5.56 Å². The summed E-state index contributed by atoms with van der Waals surface area (Å²) in [4.78, 5) is 29.6. The number of ether oxygens (including phenoxy) is 1. The van der Waals surface area contributed by atoms with E-state index in [1.165, 1.54) is 6.33 Å². The first kappa shape index (κ1) is 15.4. The number of benzene rings is 1. The van der Waals surface area contributed by atoms with Crippen LogP contribution >= 0.6 is 0 Å². The molecule has 0 bridgehead atoms. The lowest BCUT2D eigenvalue weighted by Crippen LogP contribution is -2.46. The van der Waals surface area contributed by atoms with Crippen LogP contribution in [0.15, 0.2) is 36.9 Å². The third kappa shape index (κ3) is 3.10. The summed E-state index contributed by atoms with van der Waals surface area (Å²) >= 11 is 0. The number of rotatable bonds is 4.